The summed E-state index contributed by atoms with van der Waals surface area (Å²) >= 11 is 0. The molecular formula is C8H13N4O5P. The van der Waals surface area contributed by atoms with Gasteiger partial charge in [-0.1, -0.05) is 0 Å². The molecule has 0 saturated heterocycles. The van der Waals surface area contributed by atoms with Crippen LogP contribution in [0.4, 0.5) is 11.5 Å². The number of anilines is 1. The first-order valence-corrected chi connectivity index (χ1v) is 6.65. The first-order valence-electron chi connectivity index (χ1n) is 5.10. The van der Waals surface area contributed by atoms with E-state index in [4.69, 9.17) is 14.8 Å². The Labute approximate surface area is 103 Å². The summed E-state index contributed by atoms with van der Waals surface area (Å²) in [6.45, 7) is 3.28. The van der Waals surface area contributed by atoms with E-state index in [1.807, 2.05) is 0 Å². The van der Waals surface area contributed by atoms with Gasteiger partial charge in [0.2, 0.25) is 11.3 Å². The fraction of sp³-hybridized carbons (Fsp3) is 0.500. The molecule has 0 fully saturated rings. The molecule has 1 aromatic heterocycles. The molecule has 0 bridgehead atoms. The standard InChI is InChI=1S/C8H13N4O5P/c1-3-16-18(15,17-4-2)8-6(12(13)14)7(9)10-5-11-8/h5H,3-4H2,1-2H3,(H2,9,10,11). The molecular weight excluding hydrogens is 263 g/mol. The highest BCUT2D eigenvalue weighted by Crippen LogP contribution is 2.48. The van der Waals surface area contributed by atoms with Gasteiger partial charge in [-0.05, 0) is 13.8 Å². The predicted octanol–water partition coefficient (Wildman–Crippen LogP) is 0.858. The van der Waals surface area contributed by atoms with E-state index in [-0.39, 0.29) is 19.0 Å². The van der Waals surface area contributed by atoms with Crippen LogP contribution in [0.3, 0.4) is 0 Å². The molecule has 0 saturated carbocycles. The molecule has 0 aromatic carbocycles. The second-order valence-corrected chi connectivity index (χ2v) is 4.96. The zero-order chi connectivity index (χ0) is 13.8. The van der Waals surface area contributed by atoms with Crippen LogP contribution in [0.15, 0.2) is 6.33 Å². The predicted molar refractivity (Wildman–Crippen MR) is 63.6 cm³/mol. The average Bonchev–Trinajstić information content (AvgIpc) is 2.28. The van der Waals surface area contributed by atoms with Crippen molar-refractivity contribution >= 4 is 24.5 Å². The lowest BCUT2D eigenvalue weighted by molar-refractivity contribution is -0.383. The lowest BCUT2D eigenvalue weighted by Gasteiger charge is -2.15. The van der Waals surface area contributed by atoms with E-state index in [2.05, 4.69) is 9.97 Å². The molecule has 10 heteroatoms. The van der Waals surface area contributed by atoms with Gasteiger partial charge < -0.3 is 14.8 Å². The minimum absolute atomic E-state index is 0.0539. The fourth-order valence-electron chi connectivity index (χ4n) is 1.26. The number of hydrogen-bond donors (Lipinski definition) is 1. The molecule has 100 valence electrons. The summed E-state index contributed by atoms with van der Waals surface area (Å²) in [5.41, 5.74) is 4.31. The number of nitro groups is 1. The van der Waals surface area contributed by atoms with E-state index in [9.17, 15) is 14.7 Å². The van der Waals surface area contributed by atoms with Gasteiger partial charge in [0.25, 0.3) is 0 Å². The number of hydrogen-bond acceptors (Lipinski definition) is 8. The third-order valence-corrected chi connectivity index (χ3v) is 3.91. The Bertz CT molecular complexity index is 484. The molecule has 18 heavy (non-hydrogen) atoms. The number of rotatable bonds is 6. The van der Waals surface area contributed by atoms with Crippen LogP contribution >= 0.6 is 7.60 Å². The second kappa shape index (κ2) is 5.85. The van der Waals surface area contributed by atoms with Crippen molar-refractivity contribution in [3.8, 4) is 0 Å². The summed E-state index contributed by atoms with van der Waals surface area (Å²) in [7, 11) is -3.86. The first kappa shape index (κ1) is 14.5. The van der Waals surface area contributed by atoms with Crippen LogP contribution < -0.4 is 11.2 Å². The van der Waals surface area contributed by atoms with E-state index in [0.29, 0.717) is 0 Å². The van der Waals surface area contributed by atoms with Gasteiger partial charge in [0.05, 0.1) is 18.1 Å². The van der Waals surface area contributed by atoms with E-state index >= 15 is 0 Å². The van der Waals surface area contributed by atoms with Crippen LogP contribution in [0, 0.1) is 10.1 Å². The zero-order valence-electron chi connectivity index (χ0n) is 9.90. The second-order valence-electron chi connectivity index (χ2n) is 3.02. The molecule has 1 rings (SSSR count). The van der Waals surface area contributed by atoms with Crippen molar-refractivity contribution in [2.24, 2.45) is 0 Å². The molecule has 0 atom stereocenters. The Morgan fingerprint density at radius 3 is 2.39 bits per heavy atom. The number of nitrogen functional groups attached to an aromatic ring is 1. The Morgan fingerprint density at radius 2 is 1.94 bits per heavy atom. The van der Waals surface area contributed by atoms with Crippen LogP contribution in [0.5, 0.6) is 0 Å². The van der Waals surface area contributed by atoms with Crippen LogP contribution in [-0.2, 0) is 13.6 Å². The monoisotopic (exact) mass is 276 g/mol. The van der Waals surface area contributed by atoms with E-state index in [0.717, 1.165) is 6.33 Å². The molecule has 0 amide bonds. The maximum absolute atomic E-state index is 12.4. The summed E-state index contributed by atoms with van der Waals surface area (Å²) in [6.07, 6.45) is 0.975. The molecule has 0 unspecified atom stereocenters. The maximum Gasteiger partial charge on any atom is 0.386 e. The third kappa shape index (κ3) is 2.81. The van der Waals surface area contributed by atoms with Crippen molar-refractivity contribution in [3.63, 3.8) is 0 Å². The van der Waals surface area contributed by atoms with Crippen molar-refractivity contribution in [1.82, 2.24) is 9.97 Å². The molecule has 0 aliphatic rings. The first-order chi connectivity index (χ1) is 8.46. The van der Waals surface area contributed by atoms with Crippen molar-refractivity contribution in [1.29, 1.82) is 0 Å². The summed E-state index contributed by atoms with van der Waals surface area (Å²) in [5.74, 6) is -0.385. The number of nitrogens with zero attached hydrogens (tertiary/aromatic N) is 3. The summed E-state index contributed by atoms with van der Waals surface area (Å²) in [4.78, 5) is 17.2. The van der Waals surface area contributed by atoms with E-state index in [1.165, 1.54) is 0 Å². The average molecular weight is 276 g/mol. The molecule has 9 nitrogen and oxygen atoms in total. The van der Waals surface area contributed by atoms with Gasteiger partial charge in [-0.2, -0.15) is 0 Å². The Hall–Kier alpha value is -1.57. The zero-order valence-corrected chi connectivity index (χ0v) is 10.8. The van der Waals surface area contributed by atoms with E-state index < -0.39 is 23.6 Å². The topological polar surface area (TPSA) is 130 Å². The Morgan fingerprint density at radius 1 is 1.39 bits per heavy atom. The van der Waals surface area contributed by atoms with Crippen molar-refractivity contribution in [2.75, 3.05) is 18.9 Å². The highest BCUT2D eigenvalue weighted by Gasteiger charge is 2.38. The smallest absolute Gasteiger partial charge is 0.378 e. The lowest BCUT2D eigenvalue weighted by Crippen LogP contribution is -2.20. The van der Waals surface area contributed by atoms with Gasteiger partial charge in [-0.3, -0.25) is 14.7 Å². The molecule has 0 spiro atoms. The number of aromatic nitrogens is 2. The van der Waals surface area contributed by atoms with Gasteiger partial charge in [-0.15, -0.1) is 0 Å². The minimum Gasteiger partial charge on any atom is -0.378 e. The molecule has 1 heterocycles. The lowest BCUT2D eigenvalue weighted by atomic mass is 10.5. The van der Waals surface area contributed by atoms with Gasteiger partial charge in [0, 0.05) is 0 Å². The van der Waals surface area contributed by atoms with Gasteiger partial charge in [0.1, 0.15) is 6.33 Å². The fourth-order valence-corrected chi connectivity index (χ4v) is 2.91. The van der Waals surface area contributed by atoms with Crippen molar-refractivity contribution < 1.29 is 18.5 Å². The van der Waals surface area contributed by atoms with E-state index in [1.54, 1.807) is 13.8 Å². The largest absolute Gasteiger partial charge is 0.386 e. The SMILES string of the molecule is CCOP(=O)(OCC)c1ncnc(N)c1[N+](=O)[O-]. The molecule has 0 aliphatic heterocycles. The van der Waals surface area contributed by atoms with Crippen LogP contribution in [-0.4, -0.2) is 28.1 Å². The minimum atomic E-state index is -3.86. The van der Waals surface area contributed by atoms with Crippen molar-refractivity contribution in [2.45, 2.75) is 13.8 Å². The molecule has 0 aliphatic carbocycles. The van der Waals surface area contributed by atoms with Crippen LogP contribution in [0.25, 0.3) is 0 Å². The Kier molecular flexibility index (Phi) is 4.71. The Balaban J connectivity index is 3.41. The molecule has 0 radical (unpaired) electrons. The molecule has 1 aromatic rings. The normalized spacial score (nSPS) is 11.4. The quantitative estimate of drug-likeness (QED) is 0.459. The summed E-state index contributed by atoms with van der Waals surface area (Å²) in [5, 5.41) is 10.9. The van der Waals surface area contributed by atoms with Gasteiger partial charge in [0.15, 0.2) is 0 Å². The highest BCUT2D eigenvalue weighted by atomic mass is 31.2. The highest BCUT2D eigenvalue weighted by molar-refractivity contribution is 7.62. The van der Waals surface area contributed by atoms with Gasteiger partial charge >= 0.3 is 13.3 Å². The van der Waals surface area contributed by atoms with Crippen LogP contribution in [0.1, 0.15) is 13.8 Å². The summed E-state index contributed by atoms with van der Waals surface area (Å²) in [6, 6.07) is 0. The maximum atomic E-state index is 12.4. The summed E-state index contributed by atoms with van der Waals surface area (Å²) < 4.78 is 22.4. The molecule has 2 N–H and O–H groups in total. The van der Waals surface area contributed by atoms with Crippen molar-refractivity contribution in [3.05, 3.63) is 16.4 Å². The van der Waals surface area contributed by atoms with Gasteiger partial charge in [-0.25, -0.2) is 9.97 Å². The van der Waals surface area contributed by atoms with Crippen LogP contribution in [0.2, 0.25) is 0 Å². The third-order valence-electron chi connectivity index (χ3n) is 1.87. The number of nitrogens with two attached hydrogens (primary N) is 1.